The van der Waals surface area contributed by atoms with Crippen LogP contribution in [-0.2, 0) is 44.3 Å². The maximum atomic E-state index is 7.50. The summed E-state index contributed by atoms with van der Waals surface area (Å²) in [7, 11) is 3.15. The van der Waals surface area contributed by atoms with Gasteiger partial charge in [-0.15, -0.1) is 9.24 Å². The summed E-state index contributed by atoms with van der Waals surface area (Å²) in [4.78, 5) is 0. The normalized spacial score (nSPS) is 13.0. The van der Waals surface area contributed by atoms with Crippen molar-refractivity contribution in [3.05, 3.63) is 44.4 Å². The van der Waals surface area contributed by atoms with Crippen LogP contribution in [0.3, 0.4) is 0 Å². The third kappa shape index (κ3) is 11.9. The minimum Gasteiger partial charge on any atom is 0 e. The van der Waals surface area contributed by atoms with Crippen LogP contribution in [0, 0.1) is 49.5 Å². The summed E-state index contributed by atoms with van der Waals surface area (Å²) in [5.74, 6) is 0. The molecule has 1 aliphatic carbocycles. The number of hydrogen-bond donors (Lipinski definition) is 0. The Bertz CT molecular complexity index is 474. The van der Waals surface area contributed by atoms with Crippen LogP contribution in [-0.4, -0.2) is 5.16 Å². The van der Waals surface area contributed by atoms with Crippen molar-refractivity contribution in [2.24, 2.45) is 16.2 Å². The zero-order valence-electron chi connectivity index (χ0n) is 17.5. The first-order valence-electron chi connectivity index (χ1n) is 7.31. The van der Waals surface area contributed by atoms with Gasteiger partial charge in [-0.2, -0.15) is 0 Å². The van der Waals surface area contributed by atoms with Crippen LogP contribution < -0.4 is 0 Å². The number of rotatable bonds is 0. The first kappa shape index (κ1) is 41.0. The van der Waals surface area contributed by atoms with E-state index in [1.165, 1.54) is 0 Å². The molecule has 1 unspecified atom stereocenters. The van der Waals surface area contributed by atoms with Crippen LogP contribution in [0.1, 0.15) is 62.3 Å². The van der Waals surface area contributed by atoms with Crippen LogP contribution in [0.5, 0.6) is 0 Å². The quantitative estimate of drug-likeness (QED) is 0.174. The van der Waals surface area contributed by atoms with Crippen molar-refractivity contribution in [1.29, 1.82) is 0 Å². The van der Waals surface area contributed by atoms with Gasteiger partial charge in [0.25, 0.3) is 0 Å². The maximum absolute atomic E-state index is 7.50. The molecule has 1 aliphatic rings. The van der Waals surface area contributed by atoms with E-state index < -0.39 is 0 Å². The maximum Gasteiger partial charge on any atom is 0 e. The molecule has 0 saturated carbocycles. The second-order valence-electron chi connectivity index (χ2n) is 8.31. The fourth-order valence-corrected chi connectivity index (χ4v) is 4.06. The summed E-state index contributed by atoms with van der Waals surface area (Å²) < 4.78 is 37.5. The predicted octanol–water partition coefficient (Wildman–Crippen LogP) is 4.86. The van der Waals surface area contributed by atoms with E-state index in [9.17, 15) is 0 Å². The number of allylic oxidation sites excluding steroid dienone is 2. The first-order chi connectivity index (χ1) is 11.7. The monoisotopic (exact) mass is 564 g/mol. The van der Waals surface area contributed by atoms with Crippen LogP contribution in [0.15, 0.2) is 11.1 Å². The van der Waals surface area contributed by atoms with Gasteiger partial charge in [-0.3, -0.25) is 0 Å². The Balaban J connectivity index is -0.0000000869. The van der Waals surface area contributed by atoms with Gasteiger partial charge in [-0.05, 0) is 27.4 Å². The zero-order valence-corrected chi connectivity index (χ0v) is 21.6. The molecule has 1 atom stereocenters. The average Bonchev–Trinajstić information content (AvgIpc) is 3.26. The van der Waals surface area contributed by atoms with Crippen molar-refractivity contribution in [1.82, 2.24) is 0 Å². The molecule has 0 heterocycles. The van der Waals surface area contributed by atoms with Crippen LogP contribution in [0.4, 0.5) is 0 Å². The van der Waals surface area contributed by atoms with Gasteiger partial charge in [0, 0.05) is 26.2 Å². The van der Waals surface area contributed by atoms with Crippen LogP contribution >= 0.6 is 9.24 Å². The Morgan fingerprint density at radius 1 is 0.556 bits per heavy atom. The summed E-state index contributed by atoms with van der Waals surface area (Å²) >= 11 is 0. The average molecular weight is 564 g/mol. The molecule has 5 nitrogen and oxygen atoms in total. The molecule has 27 heavy (non-hydrogen) atoms. The molecule has 0 saturated heterocycles. The molecule has 1 rings (SSSR count). The van der Waals surface area contributed by atoms with E-state index in [0.29, 0.717) is 5.41 Å². The van der Waals surface area contributed by atoms with Gasteiger partial charge >= 0.3 is 56.5 Å². The third-order valence-corrected chi connectivity index (χ3v) is 5.10. The minimum absolute atomic E-state index is 0. The second kappa shape index (κ2) is 17.6. The Kier molecular flexibility index (Phi) is 26.8. The van der Waals surface area contributed by atoms with Gasteiger partial charge in [0.2, 0.25) is 0 Å². The van der Waals surface area contributed by atoms with Gasteiger partial charge in [-0.25, -0.2) is 0 Å². The van der Waals surface area contributed by atoms with Gasteiger partial charge in [0.15, 0.2) is 0 Å². The third-order valence-electron chi connectivity index (χ3n) is 3.66. The molecule has 0 N–H and O–H groups in total. The van der Waals surface area contributed by atoms with Crippen molar-refractivity contribution in [3.63, 3.8) is 0 Å². The molecule has 0 aliphatic heterocycles. The SMILES string of the molecule is CC(C)(C)C1=C(C(C)(C)C)C1(P)C(C)(C)C.[C-]#[O+].[C-]#[O+].[C-]#[O+].[C-]#[O+].[C-]#[O+].[W]. The molecule has 0 aromatic rings. The van der Waals surface area contributed by atoms with E-state index >= 15 is 0 Å². The molecule has 0 bridgehead atoms. The smallest absolute Gasteiger partial charge is 0 e. The van der Waals surface area contributed by atoms with Crippen molar-refractivity contribution in [2.45, 2.75) is 67.5 Å². The first-order valence-corrected chi connectivity index (χ1v) is 7.89. The standard InChI is InChI=1S/C15H29P.5CO.W/c1-12(2,3)10-11(13(4,5)6)15(10,16)14(7,8)9;5*1-2;/h16H2,1-9H3;;;;;;. The molecule has 0 fully saturated rings. The molecule has 0 spiro atoms. The van der Waals surface area contributed by atoms with E-state index in [0.717, 1.165) is 0 Å². The topological polar surface area (TPSA) is 99.5 Å². The summed E-state index contributed by atoms with van der Waals surface area (Å²) in [6, 6.07) is 0. The molecule has 0 radical (unpaired) electrons. The molecule has 150 valence electrons. The fourth-order valence-electron chi connectivity index (χ4n) is 2.98. The Hall–Kier alpha value is -0.442. The Morgan fingerprint density at radius 2 is 0.704 bits per heavy atom. The van der Waals surface area contributed by atoms with Crippen LogP contribution in [0.2, 0.25) is 0 Å². The molecule has 7 heteroatoms. The summed E-state index contributed by atoms with van der Waals surface area (Å²) in [6.07, 6.45) is 0. The molecular formula is C20H29O5PW. The van der Waals surface area contributed by atoms with Gasteiger partial charge in [0.05, 0.1) is 0 Å². The predicted molar refractivity (Wildman–Crippen MR) is 97.5 cm³/mol. The largest absolute Gasteiger partial charge is 0 e. The zero-order chi connectivity index (χ0) is 23.2. The Labute approximate surface area is 181 Å². The van der Waals surface area contributed by atoms with Gasteiger partial charge < -0.3 is 0 Å². The Morgan fingerprint density at radius 3 is 0.741 bits per heavy atom. The van der Waals surface area contributed by atoms with Crippen molar-refractivity contribution < 1.29 is 44.3 Å². The van der Waals surface area contributed by atoms with Crippen molar-refractivity contribution in [2.75, 3.05) is 0 Å². The molecular weight excluding hydrogens is 535 g/mol. The second-order valence-corrected chi connectivity index (χ2v) is 9.17. The van der Waals surface area contributed by atoms with E-state index in [4.69, 9.17) is 23.3 Å². The van der Waals surface area contributed by atoms with Gasteiger partial charge in [-0.1, -0.05) is 62.3 Å². The van der Waals surface area contributed by atoms with E-state index in [1.54, 1.807) is 11.1 Å². The van der Waals surface area contributed by atoms with E-state index in [2.05, 4.69) is 105 Å². The number of hydrogen-bond acceptors (Lipinski definition) is 0. The van der Waals surface area contributed by atoms with E-state index in [1.807, 2.05) is 0 Å². The molecule has 0 aromatic carbocycles. The summed E-state index contributed by atoms with van der Waals surface area (Å²) in [5, 5.41) is 0.240. The van der Waals surface area contributed by atoms with Crippen molar-refractivity contribution >= 4 is 9.24 Å². The van der Waals surface area contributed by atoms with Crippen LogP contribution in [0.25, 0.3) is 0 Å². The van der Waals surface area contributed by atoms with Gasteiger partial charge in [0.1, 0.15) is 0 Å². The summed E-state index contributed by atoms with van der Waals surface area (Å²) in [5.41, 5.74) is 4.19. The fraction of sp³-hybridized carbons (Fsp3) is 0.650. The molecule has 0 amide bonds. The summed E-state index contributed by atoms with van der Waals surface area (Å²) in [6.45, 7) is 43.6. The van der Waals surface area contributed by atoms with E-state index in [-0.39, 0.29) is 37.1 Å². The minimum atomic E-state index is 0. The molecule has 0 aromatic heterocycles. The van der Waals surface area contributed by atoms with Crippen molar-refractivity contribution in [3.8, 4) is 0 Å².